The minimum Gasteiger partial charge on any atom is -0.744 e. The molecule has 0 saturated carbocycles. The summed E-state index contributed by atoms with van der Waals surface area (Å²) in [7, 11) is -33.0. The zero-order chi connectivity index (χ0) is 36.2. The summed E-state index contributed by atoms with van der Waals surface area (Å²) < 4.78 is 204. The van der Waals surface area contributed by atoms with Gasteiger partial charge in [0, 0.05) is 26.2 Å². The Balaban J connectivity index is -0.000000290. The molecular formula is C18H6BrCl3Na6O18S6. The molecule has 3 aromatic rings. The first-order valence-electron chi connectivity index (χ1n) is 10.2. The van der Waals surface area contributed by atoms with Gasteiger partial charge in [0.25, 0.3) is 0 Å². The number of hydrogen-bond acceptors (Lipinski definition) is 18. The SMILES string of the molecule is O=S(=O)([O-])c1cc(Cl)cc(S(=O)(=O)[O-])c1-c1c(S(=O)(=O)[O-])cc(Cl)cc1S(=O)(=O)[O-].O=S(=O)([O-])c1cc(Cl)cc(S(=O)(=O)[O-])c1Br.[Na+].[Na+].[Na+].[Na+].[Na+].[Na+]. The molecule has 0 aliphatic rings. The quantitative estimate of drug-likeness (QED) is 0.157. The maximum Gasteiger partial charge on any atom is 1.00 e. The summed E-state index contributed by atoms with van der Waals surface area (Å²) in [5.41, 5.74) is -3.27. The Kier molecular flexibility index (Phi) is 30.5. The van der Waals surface area contributed by atoms with E-state index in [2.05, 4.69) is 15.9 Å². The fourth-order valence-corrected chi connectivity index (χ4v) is 10.1. The average Bonchev–Trinajstić information content (AvgIpc) is 2.81. The van der Waals surface area contributed by atoms with Crippen LogP contribution in [0.3, 0.4) is 0 Å². The standard InChI is InChI=1S/C12H8Cl2O12S4.C6H4BrClO6S2.6Na/c13-5-1-7(27(15,16)17)11(8(2-5)28(18,19)20)12-9(29(21,22)23)3-6(14)4-10(12)30(24,25)26;7-6-4(15(9,10)11)1-3(8)2-5(6)16(12,13)14;;;;;;/h1-4H,(H,15,16,17)(H,18,19,20)(H,21,22,23)(H,24,25,26);1-2H,(H,9,10,11)(H,12,13,14);;;;;;/q;;6*+1/p-6. The fourth-order valence-electron chi connectivity index (χ4n) is 3.30. The fraction of sp³-hybridized carbons (Fsp3) is 0. The van der Waals surface area contributed by atoms with Crippen molar-refractivity contribution in [2.75, 3.05) is 0 Å². The van der Waals surface area contributed by atoms with Crippen molar-refractivity contribution in [2.45, 2.75) is 29.4 Å². The predicted octanol–water partition coefficient (Wildman–Crippen LogP) is -16.8. The van der Waals surface area contributed by atoms with Gasteiger partial charge in [-0.15, -0.1) is 0 Å². The molecule has 0 atom stereocenters. The molecule has 256 valence electrons. The van der Waals surface area contributed by atoms with E-state index in [1.807, 2.05) is 0 Å². The minimum absolute atomic E-state index is 0. The Morgan fingerprint density at radius 1 is 0.346 bits per heavy atom. The van der Waals surface area contributed by atoms with Gasteiger partial charge in [-0.2, -0.15) is 0 Å². The molecule has 0 aromatic heterocycles. The Bertz CT molecular complexity index is 2200. The summed E-state index contributed by atoms with van der Waals surface area (Å²) in [5.74, 6) is 0. The summed E-state index contributed by atoms with van der Waals surface area (Å²) in [4.78, 5) is -8.50. The van der Waals surface area contributed by atoms with Crippen molar-refractivity contribution < 1.29 is 255 Å². The summed E-state index contributed by atoms with van der Waals surface area (Å²) in [5, 5.41) is -1.96. The van der Waals surface area contributed by atoms with E-state index >= 15 is 0 Å². The van der Waals surface area contributed by atoms with E-state index in [1.165, 1.54) is 0 Å². The largest absolute Gasteiger partial charge is 1.00 e. The van der Waals surface area contributed by atoms with Gasteiger partial charge in [0.2, 0.25) is 0 Å². The van der Waals surface area contributed by atoms with Crippen LogP contribution in [0.2, 0.25) is 15.1 Å². The third-order valence-electron chi connectivity index (χ3n) is 4.90. The van der Waals surface area contributed by atoms with E-state index in [-0.39, 0.29) is 207 Å². The zero-order valence-corrected chi connectivity index (χ0v) is 47.5. The second kappa shape index (κ2) is 24.2. The van der Waals surface area contributed by atoms with Crippen molar-refractivity contribution in [3.05, 3.63) is 55.9 Å². The number of hydrogen-bond donors (Lipinski definition) is 0. The van der Waals surface area contributed by atoms with Crippen LogP contribution >= 0.6 is 50.7 Å². The molecule has 18 nitrogen and oxygen atoms in total. The number of rotatable bonds is 7. The Hall–Kier alpha value is 4.47. The molecule has 0 N–H and O–H groups in total. The molecule has 3 rings (SSSR count). The van der Waals surface area contributed by atoms with Crippen molar-refractivity contribution in [1.82, 2.24) is 0 Å². The van der Waals surface area contributed by atoms with Crippen LogP contribution in [0.1, 0.15) is 0 Å². The summed E-state index contributed by atoms with van der Waals surface area (Å²) in [6, 6.07) is 2.58. The number of halogens is 4. The average molecular weight is 1030 g/mol. The second-order valence-corrected chi connectivity index (χ2v) is 18.2. The molecule has 0 amide bonds. The molecule has 34 heteroatoms. The molecule has 0 heterocycles. The molecule has 3 aromatic carbocycles. The van der Waals surface area contributed by atoms with Crippen molar-refractivity contribution in [3.8, 4) is 11.1 Å². The normalized spacial score (nSPS) is 11.7. The Morgan fingerprint density at radius 2 is 0.481 bits per heavy atom. The van der Waals surface area contributed by atoms with Gasteiger partial charge in [0.15, 0.2) is 0 Å². The van der Waals surface area contributed by atoms with Crippen LogP contribution in [0.5, 0.6) is 0 Å². The van der Waals surface area contributed by atoms with Gasteiger partial charge >= 0.3 is 177 Å². The minimum atomic E-state index is -5.79. The van der Waals surface area contributed by atoms with Gasteiger partial charge in [0.1, 0.15) is 60.7 Å². The van der Waals surface area contributed by atoms with Crippen LogP contribution < -0.4 is 177 Å². The summed E-state index contributed by atoms with van der Waals surface area (Å²) in [6.07, 6.45) is 0. The van der Waals surface area contributed by atoms with Gasteiger partial charge < -0.3 is 27.3 Å². The topological polar surface area (TPSA) is 343 Å². The zero-order valence-electron chi connectivity index (χ0n) is 26.8. The van der Waals surface area contributed by atoms with E-state index in [0.29, 0.717) is 0 Å². The Labute approximate surface area is 454 Å². The van der Waals surface area contributed by atoms with Gasteiger partial charge in [-0.25, -0.2) is 50.5 Å². The third kappa shape index (κ3) is 18.2. The molecule has 0 saturated heterocycles. The van der Waals surface area contributed by atoms with Crippen LogP contribution in [-0.2, 0) is 60.7 Å². The molecule has 52 heavy (non-hydrogen) atoms. The third-order valence-corrected chi connectivity index (χ3v) is 12.1. The molecule has 0 aliphatic carbocycles. The first-order valence-corrected chi connectivity index (χ1v) is 20.6. The van der Waals surface area contributed by atoms with E-state index in [1.54, 1.807) is 0 Å². The maximum absolute atomic E-state index is 11.7. The van der Waals surface area contributed by atoms with Crippen molar-refractivity contribution >= 4 is 111 Å². The van der Waals surface area contributed by atoms with E-state index in [0.717, 1.165) is 12.1 Å². The maximum atomic E-state index is 11.7. The summed E-state index contributed by atoms with van der Waals surface area (Å²) in [6.45, 7) is 0. The van der Waals surface area contributed by atoms with Crippen LogP contribution in [0.25, 0.3) is 11.1 Å². The molecular weight excluding hydrogens is 1020 g/mol. The van der Waals surface area contributed by atoms with Gasteiger partial charge in [0.05, 0.1) is 33.8 Å². The van der Waals surface area contributed by atoms with Crippen molar-refractivity contribution in [3.63, 3.8) is 0 Å². The molecule has 0 fully saturated rings. The molecule has 0 radical (unpaired) electrons. The van der Waals surface area contributed by atoms with Crippen LogP contribution in [-0.4, -0.2) is 77.8 Å². The molecule has 0 unspecified atom stereocenters. The second-order valence-electron chi connectivity index (χ2n) is 7.99. The van der Waals surface area contributed by atoms with Crippen molar-refractivity contribution in [1.29, 1.82) is 0 Å². The smallest absolute Gasteiger partial charge is 0.744 e. The van der Waals surface area contributed by atoms with Crippen LogP contribution in [0, 0.1) is 0 Å². The predicted molar refractivity (Wildman–Crippen MR) is 149 cm³/mol. The molecule has 0 spiro atoms. The van der Waals surface area contributed by atoms with E-state index in [4.69, 9.17) is 34.8 Å². The first-order chi connectivity index (χ1) is 20.3. The summed E-state index contributed by atoms with van der Waals surface area (Å²) >= 11 is 19.0. The van der Waals surface area contributed by atoms with Gasteiger partial charge in [-0.05, 0) is 52.3 Å². The van der Waals surface area contributed by atoms with Crippen molar-refractivity contribution in [2.24, 2.45) is 0 Å². The van der Waals surface area contributed by atoms with Crippen LogP contribution in [0.15, 0.2) is 70.2 Å². The van der Waals surface area contributed by atoms with E-state index in [9.17, 15) is 77.8 Å². The van der Waals surface area contributed by atoms with Crippen LogP contribution in [0.4, 0.5) is 0 Å². The van der Waals surface area contributed by atoms with Gasteiger partial charge in [-0.3, -0.25) is 0 Å². The number of benzene rings is 3. The van der Waals surface area contributed by atoms with E-state index < -0.39 is 116 Å². The molecule has 0 bridgehead atoms. The first kappa shape index (κ1) is 65.6. The monoisotopic (exact) mass is 1020 g/mol. The molecule has 0 aliphatic heterocycles. The van der Waals surface area contributed by atoms with Gasteiger partial charge in [-0.1, -0.05) is 34.8 Å². The Morgan fingerprint density at radius 3 is 0.615 bits per heavy atom.